The van der Waals surface area contributed by atoms with E-state index in [1.807, 2.05) is 4.98 Å². The van der Waals surface area contributed by atoms with Crippen molar-refractivity contribution in [3.05, 3.63) is 29.1 Å². The summed E-state index contributed by atoms with van der Waals surface area (Å²) >= 11 is 0. The third-order valence-electron chi connectivity index (χ3n) is 2.63. The molecule has 0 saturated carbocycles. The average molecular weight is 309 g/mol. The molecule has 0 amide bonds. The van der Waals surface area contributed by atoms with Gasteiger partial charge >= 0.3 is 12.4 Å². The number of aliphatic hydroxyl groups is 1. The fraction of sp³-hybridized carbons (Fsp3) is 0.273. The van der Waals surface area contributed by atoms with Crippen molar-refractivity contribution in [2.45, 2.75) is 18.5 Å². The number of nitriles is 1. The number of H-pyrrole nitrogens is 1. The van der Waals surface area contributed by atoms with Crippen LogP contribution < -0.4 is 0 Å². The highest BCUT2D eigenvalue weighted by molar-refractivity contribution is 5.78. The van der Waals surface area contributed by atoms with E-state index < -0.39 is 35.4 Å². The van der Waals surface area contributed by atoms with Gasteiger partial charge in [-0.2, -0.15) is 31.6 Å². The molecule has 1 unspecified atom stereocenters. The van der Waals surface area contributed by atoms with Crippen molar-refractivity contribution in [3.63, 3.8) is 0 Å². The fourth-order valence-corrected chi connectivity index (χ4v) is 1.69. The van der Waals surface area contributed by atoms with Gasteiger partial charge in [-0.15, -0.1) is 0 Å². The monoisotopic (exact) mass is 309 g/mol. The van der Waals surface area contributed by atoms with Gasteiger partial charge in [-0.3, -0.25) is 0 Å². The Bertz CT molecular complexity index is 724. The number of aromatic amines is 1. The lowest BCUT2D eigenvalue weighted by atomic mass is 10.1. The Hall–Kier alpha value is -2.28. The van der Waals surface area contributed by atoms with Gasteiger partial charge in [0.2, 0.25) is 6.10 Å². The van der Waals surface area contributed by atoms with E-state index in [2.05, 4.69) is 4.98 Å². The summed E-state index contributed by atoms with van der Waals surface area (Å²) < 4.78 is 75.1. The number of hydrogen-bond acceptors (Lipinski definition) is 3. The number of nitrogens with one attached hydrogen (secondary N) is 1. The van der Waals surface area contributed by atoms with Crippen molar-refractivity contribution in [3.8, 4) is 6.07 Å². The Morgan fingerprint density at radius 3 is 2.29 bits per heavy atom. The number of imidazole rings is 1. The minimum Gasteiger partial charge on any atom is -0.377 e. The summed E-state index contributed by atoms with van der Waals surface area (Å²) in [6.07, 6.45) is -12.8. The predicted octanol–water partition coefficient (Wildman–Crippen LogP) is 3.05. The molecule has 0 saturated heterocycles. The van der Waals surface area contributed by atoms with E-state index in [9.17, 15) is 26.3 Å². The van der Waals surface area contributed by atoms with E-state index >= 15 is 0 Å². The van der Waals surface area contributed by atoms with Crippen LogP contribution >= 0.6 is 0 Å². The van der Waals surface area contributed by atoms with Gasteiger partial charge in [0.1, 0.15) is 5.82 Å². The van der Waals surface area contributed by atoms with E-state index in [1.54, 1.807) is 0 Å². The lowest BCUT2D eigenvalue weighted by Gasteiger charge is -2.11. The second-order valence-corrected chi connectivity index (χ2v) is 4.09. The fourth-order valence-electron chi connectivity index (χ4n) is 1.69. The summed E-state index contributed by atoms with van der Waals surface area (Å²) in [5.74, 6) is -0.944. The Morgan fingerprint density at radius 1 is 1.19 bits per heavy atom. The van der Waals surface area contributed by atoms with Crippen LogP contribution in [-0.4, -0.2) is 21.3 Å². The van der Waals surface area contributed by atoms with Crippen molar-refractivity contribution in [2.75, 3.05) is 0 Å². The maximum atomic E-state index is 12.7. The summed E-state index contributed by atoms with van der Waals surface area (Å²) in [7, 11) is 0. The van der Waals surface area contributed by atoms with Crippen molar-refractivity contribution in [1.29, 1.82) is 5.26 Å². The van der Waals surface area contributed by atoms with Gasteiger partial charge < -0.3 is 10.1 Å². The molecule has 112 valence electrons. The van der Waals surface area contributed by atoms with Gasteiger partial charge in [0.25, 0.3) is 0 Å². The molecule has 1 aromatic heterocycles. The smallest absolute Gasteiger partial charge is 0.377 e. The molecule has 0 aliphatic carbocycles. The molecule has 21 heavy (non-hydrogen) atoms. The van der Waals surface area contributed by atoms with Gasteiger partial charge in [-0.25, -0.2) is 4.98 Å². The molecule has 1 heterocycles. The predicted molar refractivity (Wildman–Crippen MR) is 56.8 cm³/mol. The van der Waals surface area contributed by atoms with E-state index in [-0.39, 0.29) is 11.0 Å². The first-order chi connectivity index (χ1) is 9.54. The molecule has 0 radical (unpaired) electrons. The lowest BCUT2D eigenvalue weighted by molar-refractivity contribution is -0.208. The second-order valence-electron chi connectivity index (χ2n) is 4.09. The molecule has 2 aromatic rings. The summed E-state index contributed by atoms with van der Waals surface area (Å²) in [6, 6.07) is 2.49. The van der Waals surface area contributed by atoms with Crippen molar-refractivity contribution in [2.24, 2.45) is 0 Å². The summed E-state index contributed by atoms with van der Waals surface area (Å²) in [5, 5.41) is 17.7. The number of aromatic nitrogens is 2. The van der Waals surface area contributed by atoms with E-state index in [0.29, 0.717) is 12.1 Å². The number of fused-ring (bicyclic) bond motifs is 1. The first kappa shape index (κ1) is 15.1. The second kappa shape index (κ2) is 4.63. The molecule has 0 bridgehead atoms. The zero-order valence-corrected chi connectivity index (χ0v) is 9.84. The van der Waals surface area contributed by atoms with E-state index in [4.69, 9.17) is 10.4 Å². The number of rotatable bonds is 1. The highest BCUT2D eigenvalue weighted by Gasteiger charge is 2.42. The Morgan fingerprint density at radius 2 is 1.81 bits per heavy atom. The normalized spacial score (nSPS) is 14.2. The number of benzene rings is 1. The molecule has 1 atom stereocenters. The largest absolute Gasteiger partial charge is 0.421 e. The van der Waals surface area contributed by atoms with Gasteiger partial charge in [0.05, 0.1) is 28.2 Å². The first-order valence-corrected chi connectivity index (χ1v) is 5.29. The Labute approximate surface area is 112 Å². The maximum absolute atomic E-state index is 12.7. The van der Waals surface area contributed by atoms with Crippen LogP contribution in [0.2, 0.25) is 0 Å². The number of hydrogen-bond donors (Lipinski definition) is 2. The third-order valence-corrected chi connectivity index (χ3v) is 2.63. The highest BCUT2D eigenvalue weighted by Crippen LogP contribution is 2.36. The summed E-state index contributed by atoms with van der Waals surface area (Å²) in [6.45, 7) is 0. The number of halogens is 6. The quantitative estimate of drug-likeness (QED) is 0.795. The van der Waals surface area contributed by atoms with Crippen LogP contribution in [0.4, 0.5) is 26.3 Å². The van der Waals surface area contributed by atoms with Crippen LogP contribution in [0.3, 0.4) is 0 Å². The van der Waals surface area contributed by atoms with Crippen LogP contribution in [-0.2, 0) is 6.18 Å². The van der Waals surface area contributed by atoms with Crippen LogP contribution in [0.15, 0.2) is 12.1 Å². The molecule has 0 spiro atoms. The van der Waals surface area contributed by atoms with Crippen molar-refractivity contribution < 1.29 is 31.4 Å². The van der Waals surface area contributed by atoms with Crippen molar-refractivity contribution in [1.82, 2.24) is 9.97 Å². The minimum absolute atomic E-state index is 0.280. The Balaban J connectivity index is 2.62. The average Bonchev–Trinajstić information content (AvgIpc) is 2.76. The zero-order chi connectivity index (χ0) is 16.0. The molecular formula is C11H5F6N3O. The summed E-state index contributed by atoms with van der Waals surface area (Å²) in [4.78, 5) is 5.34. The molecule has 2 N–H and O–H groups in total. The zero-order valence-electron chi connectivity index (χ0n) is 9.84. The topological polar surface area (TPSA) is 72.7 Å². The molecule has 10 heteroatoms. The molecule has 4 nitrogen and oxygen atoms in total. The molecule has 0 aliphatic heterocycles. The highest BCUT2D eigenvalue weighted by atomic mass is 19.4. The SMILES string of the molecule is N#Cc1cc2nc(C(O)C(F)(F)F)[nH]c2cc1C(F)(F)F. The molecule has 2 rings (SSSR count). The summed E-state index contributed by atoms with van der Waals surface area (Å²) in [5.41, 5.74) is -2.71. The maximum Gasteiger partial charge on any atom is 0.421 e. The van der Waals surface area contributed by atoms with Gasteiger partial charge in [-0.05, 0) is 12.1 Å². The molecule has 0 fully saturated rings. The first-order valence-electron chi connectivity index (χ1n) is 5.29. The lowest BCUT2D eigenvalue weighted by Crippen LogP contribution is -2.21. The number of nitrogens with zero attached hydrogens (tertiary/aromatic N) is 2. The molecule has 1 aromatic carbocycles. The standard InChI is InChI=1S/C11H5F6N3O/c12-10(13,14)5-2-7-6(1-4(5)3-18)19-9(20-7)8(21)11(15,16)17/h1-2,8,21H,(H,19,20). The van der Waals surface area contributed by atoms with Crippen molar-refractivity contribution >= 4 is 11.0 Å². The van der Waals surface area contributed by atoms with Crippen LogP contribution in [0.1, 0.15) is 23.1 Å². The number of alkyl halides is 6. The van der Waals surface area contributed by atoms with Gasteiger partial charge in [-0.1, -0.05) is 0 Å². The minimum atomic E-state index is -5.02. The van der Waals surface area contributed by atoms with Gasteiger partial charge in [0, 0.05) is 0 Å². The van der Waals surface area contributed by atoms with Crippen LogP contribution in [0.25, 0.3) is 11.0 Å². The van der Waals surface area contributed by atoms with E-state index in [1.165, 1.54) is 6.07 Å². The molecule has 0 aliphatic rings. The van der Waals surface area contributed by atoms with E-state index in [0.717, 1.165) is 0 Å². The Kier molecular flexibility index (Phi) is 3.33. The molecular weight excluding hydrogens is 304 g/mol. The van der Waals surface area contributed by atoms with Gasteiger partial charge in [0.15, 0.2) is 0 Å². The number of aliphatic hydroxyl groups excluding tert-OH is 1. The van der Waals surface area contributed by atoms with Crippen LogP contribution in [0, 0.1) is 11.3 Å². The third kappa shape index (κ3) is 2.78. The van der Waals surface area contributed by atoms with Crippen LogP contribution in [0.5, 0.6) is 0 Å².